The van der Waals surface area contributed by atoms with Gasteiger partial charge in [0.05, 0.1) is 13.5 Å². The van der Waals surface area contributed by atoms with Crippen molar-refractivity contribution in [2.75, 3.05) is 13.7 Å². The van der Waals surface area contributed by atoms with Crippen molar-refractivity contribution in [3.05, 3.63) is 35.4 Å². The second kappa shape index (κ2) is 7.06. The maximum atomic E-state index is 13.1. The molecule has 0 saturated heterocycles. The third-order valence-corrected chi connectivity index (χ3v) is 2.53. The second-order valence-corrected chi connectivity index (χ2v) is 3.99. The van der Waals surface area contributed by atoms with Gasteiger partial charge in [-0.3, -0.25) is 4.79 Å². The first kappa shape index (κ1) is 14.6. The Labute approximate surface area is 105 Å². The zero-order chi connectivity index (χ0) is 13.5. The Balaban J connectivity index is 2.89. The summed E-state index contributed by atoms with van der Waals surface area (Å²) in [5.41, 5.74) is 0.409. The minimum absolute atomic E-state index is 0.0411. The summed E-state index contributed by atoms with van der Waals surface area (Å²) in [5, 5.41) is 3.07. The number of methoxy groups -OCH3 is 1. The van der Waals surface area contributed by atoms with Gasteiger partial charge in [0.1, 0.15) is 11.6 Å². The molecule has 0 aromatic heterocycles. The van der Waals surface area contributed by atoms with E-state index in [2.05, 4.69) is 10.1 Å². The first-order valence-corrected chi connectivity index (χ1v) is 5.83. The molecule has 18 heavy (non-hydrogen) atoms. The number of benzene rings is 1. The molecular formula is C13H17F2NO2. The van der Waals surface area contributed by atoms with Crippen molar-refractivity contribution in [2.24, 2.45) is 0 Å². The molecule has 1 atom stereocenters. The highest BCUT2D eigenvalue weighted by Crippen LogP contribution is 2.20. The number of halogens is 2. The Morgan fingerprint density at radius 3 is 2.44 bits per heavy atom. The van der Waals surface area contributed by atoms with Crippen molar-refractivity contribution in [3.8, 4) is 0 Å². The molecule has 0 aliphatic rings. The summed E-state index contributed by atoms with van der Waals surface area (Å²) in [6.45, 7) is 2.62. The first-order chi connectivity index (χ1) is 8.56. The number of carbonyl (C=O) groups is 1. The van der Waals surface area contributed by atoms with Gasteiger partial charge in [0, 0.05) is 12.1 Å². The van der Waals surface area contributed by atoms with Gasteiger partial charge in [-0.25, -0.2) is 8.78 Å². The lowest BCUT2D eigenvalue weighted by molar-refractivity contribution is -0.141. The maximum Gasteiger partial charge on any atom is 0.307 e. The molecule has 0 radical (unpaired) electrons. The Bertz CT molecular complexity index is 390. The summed E-state index contributed by atoms with van der Waals surface area (Å²) in [5.74, 6) is -1.73. The highest BCUT2D eigenvalue weighted by Gasteiger charge is 2.17. The van der Waals surface area contributed by atoms with E-state index in [1.165, 1.54) is 19.2 Å². The lowest BCUT2D eigenvalue weighted by Crippen LogP contribution is -2.25. The van der Waals surface area contributed by atoms with Crippen LogP contribution in [0.1, 0.15) is 31.4 Å². The molecule has 1 aromatic carbocycles. The van der Waals surface area contributed by atoms with E-state index in [0.29, 0.717) is 12.1 Å². The van der Waals surface area contributed by atoms with Crippen LogP contribution in [-0.2, 0) is 9.53 Å². The summed E-state index contributed by atoms with van der Waals surface area (Å²) in [6, 6.07) is 2.81. The van der Waals surface area contributed by atoms with Crippen molar-refractivity contribution in [1.29, 1.82) is 0 Å². The van der Waals surface area contributed by atoms with Crippen molar-refractivity contribution < 1.29 is 18.3 Å². The van der Waals surface area contributed by atoms with Gasteiger partial charge in [0.15, 0.2) is 0 Å². The van der Waals surface area contributed by atoms with Crippen molar-refractivity contribution in [1.82, 2.24) is 5.32 Å². The van der Waals surface area contributed by atoms with Gasteiger partial charge >= 0.3 is 5.97 Å². The van der Waals surface area contributed by atoms with Crippen LogP contribution in [0.15, 0.2) is 18.2 Å². The molecule has 0 fully saturated rings. The van der Waals surface area contributed by atoms with Crippen LogP contribution < -0.4 is 5.32 Å². The van der Waals surface area contributed by atoms with Gasteiger partial charge in [-0.2, -0.15) is 0 Å². The van der Waals surface area contributed by atoms with Gasteiger partial charge in [-0.05, 0) is 30.7 Å². The standard InChI is InChI=1S/C13H17F2NO2/c1-3-4-16-12(8-13(17)18-2)9-5-10(14)7-11(15)6-9/h5-7,12,16H,3-4,8H2,1-2H3. The molecule has 5 heteroatoms. The molecule has 0 aliphatic carbocycles. The molecular weight excluding hydrogens is 240 g/mol. The lowest BCUT2D eigenvalue weighted by Gasteiger charge is -2.18. The molecule has 1 unspecified atom stereocenters. The summed E-state index contributed by atoms with van der Waals surface area (Å²) in [4.78, 5) is 11.3. The zero-order valence-corrected chi connectivity index (χ0v) is 10.5. The molecule has 0 aliphatic heterocycles. The Kier molecular flexibility index (Phi) is 5.71. The van der Waals surface area contributed by atoms with E-state index in [0.717, 1.165) is 12.5 Å². The minimum atomic E-state index is -0.654. The predicted molar refractivity (Wildman–Crippen MR) is 64.0 cm³/mol. The van der Waals surface area contributed by atoms with E-state index in [1.807, 2.05) is 6.92 Å². The van der Waals surface area contributed by atoms with E-state index >= 15 is 0 Å². The number of hydrogen-bond donors (Lipinski definition) is 1. The van der Waals surface area contributed by atoms with Gasteiger partial charge < -0.3 is 10.1 Å². The number of rotatable bonds is 6. The fraction of sp³-hybridized carbons (Fsp3) is 0.462. The summed E-state index contributed by atoms with van der Waals surface area (Å²) in [7, 11) is 1.28. The topological polar surface area (TPSA) is 38.3 Å². The summed E-state index contributed by atoms with van der Waals surface area (Å²) < 4.78 is 30.9. The van der Waals surface area contributed by atoms with Crippen molar-refractivity contribution in [2.45, 2.75) is 25.8 Å². The quantitative estimate of drug-likeness (QED) is 0.796. The first-order valence-electron chi connectivity index (χ1n) is 5.83. The molecule has 1 N–H and O–H groups in total. The average Bonchev–Trinajstić information content (AvgIpc) is 2.32. The zero-order valence-electron chi connectivity index (χ0n) is 10.5. The number of esters is 1. The molecule has 0 saturated carbocycles. The number of nitrogens with one attached hydrogen (secondary N) is 1. The predicted octanol–water partition coefficient (Wildman–Crippen LogP) is 2.57. The van der Waals surface area contributed by atoms with Crippen LogP contribution in [0.3, 0.4) is 0 Å². The van der Waals surface area contributed by atoms with Gasteiger partial charge in [0.25, 0.3) is 0 Å². The van der Waals surface area contributed by atoms with Gasteiger partial charge in [0.2, 0.25) is 0 Å². The maximum absolute atomic E-state index is 13.1. The van der Waals surface area contributed by atoms with E-state index in [-0.39, 0.29) is 6.42 Å². The molecule has 1 rings (SSSR count). The van der Waals surface area contributed by atoms with E-state index in [1.54, 1.807) is 0 Å². The largest absolute Gasteiger partial charge is 0.469 e. The fourth-order valence-corrected chi connectivity index (χ4v) is 1.65. The third-order valence-electron chi connectivity index (χ3n) is 2.53. The van der Waals surface area contributed by atoms with Crippen molar-refractivity contribution in [3.63, 3.8) is 0 Å². The van der Waals surface area contributed by atoms with Crippen LogP contribution in [0, 0.1) is 11.6 Å². The summed E-state index contributed by atoms with van der Waals surface area (Å²) >= 11 is 0. The molecule has 0 amide bonds. The van der Waals surface area contributed by atoms with Gasteiger partial charge in [-0.15, -0.1) is 0 Å². The molecule has 1 aromatic rings. The normalized spacial score (nSPS) is 12.2. The van der Waals surface area contributed by atoms with E-state index in [4.69, 9.17) is 0 Å². The third kappa shape index (κ3) is 4.41. The molecule has 0 spiro atoms. The van der Waals surface area contributed by atoms with Crippen molar-refractivity contribution >= 4 is 5.97 Å². The van der Waals surface area contributed by atoms with Gasteiger partial charge in [-0.1, -0.05) is 6.92 Å². The molecule has 0 bridgehead atoms. The number of ether oxygens (including phenoxy) is 1. The fourth-order valence-electron chi connectivity index (χ4n) is 1.65. The molecule has 0 heterocycles. The smallest absolute Gasteiger partial charge is 0.307 e. The van der Waals surface area contributed by atoms with Crippen LogP contribution >= 0.6 is 0 Å². The second-order valence-electron chi connectivity index (χ2n) is 3.99. The van der Waals surface area contributed by atoms with Crippen LogP contribution in [0.25, 0.3) is 0 Å². The van der Waals surface area contributed by atoms with Crippen LogP contribution in [0.5, 0.6) is 0 Å². The minimum Gasteiger partial charge on any atom is -0.469 e. The van der Waals surface area contributed by atoms with Crippen LogP contribution in [0.2, 0.25) is 0 Å². The van der Waals surface area contributed by atoms with E-state index < -0.39 is 23.6 Å². The monoisotopic (exact) mass is 257 g/mol. The molecule has 100 valence electrons. The Morgan fingerprint density at radius 1 is 1.33 bits per heavy atom. The Hall–Kier alpha value is -1.49. The lowest BCUT2D eigenvalue weighted by atomic mass is 10.0. The van der Waals surface area contributed by atoms with Crippen LogP contribution in [-0.4, -0.2) is 19.6 Å². The number of carbonyl (C=O) groups excluding carboxylic acids is 1. The van der Waals surface area contributed by atoms with Crippen LogP contribution in [0.4, 0.5) is 8.78 Å². The summed E-state index contributed by atoms with van der Waals surface area (Å²) in [6.07, 6.45) is 0.898. The SMILES string of the molecule is CCCNC(CC(=O)OC)c1cc(F)cc(F)c1. The highest BCUT2D eigenvalue weighted by atomic mass is 19.1. The molecule has 3 nitrogen and oxygen atoms in total. The number of hydrogen-bond acceptors (Lipinski definition) is 3. The highest BCUT2D eigenvalue weighted by molar-refractivity contribution is 5.70. The van der Waals surface area contributed by atoms with E-state index in [9.17, 15) is 13.6 Å². The Morgan fingerprint density at radius 2 is 1.94 bits per heavy atom. The average molecular weight is 257 g/mol.